The summed E-state index contributed by atoms with van der Waals surface area (Å²) in [5.41, 5.74) is 1.81. The quantitative estimate of drug-likeness (QED) is 0.457. The average Bonchev–Trinajstić information content (AvgIpc) is 3.07. The molecule has 2 bridgehead atoms. The van der Waals surface area contributed by atoms with Gasteiger partial charge in [0.2, 0.25) is 0 Å². The molecule has 3 aliphatic heterocycles. The first-order chi connectivity index (χ1) is 12.5. The number of fused-ring (bicyclic) bond motifs is 2. The zero-order valence-corrected chi connectivity index (χ0v) is 16.4. The van der Waals surface area contributed by atoms with Crippen molar-refractivity contribution < 1.29 is 31.7 Å². The van der Waals surface area contributed by atoms with Gasteiger partial charge in [-0.2, -0.15) is 13.5 Å². The van der Waals surface area contributed by atoms with Gasteiger partial charge in [0.25, 0.3) is 5.91 Å². The zero-order valence-electron chi connectivity index (χ0n) is 15.6. The highest BCUT2D eigenvalue weighted by Crippen LogP contribution is 2.42. The van der Waals surface area contributed by atoms with Crippen LogP contribution in [-0.2, 0) is 24.3 Å². The molecule has 0 aromatic rings. The summed E-state index contributed by atoms with van der Waals surface area (Å²) in [7, 11) is -2.85. The van der Waals surface area contributed by atoms with Crippen LogP contribution in [0.2, 0.25) is 0 Å². The second kappa shape index (κ2) is 7.17. The molecule has 3 fully saturated rings. The minimum Gasteiger partial charge on any atom is -0.309 e. The Morgan fingerprint density at radius 2 is 2.11 bits per heavy atom. The molecule has 154 valence electrons. The monoisotopic (exact) mass is 406 g/mol. The predicted octanol–water partition coefficient (Wildman–Crippen LogP) is -0.232. The van der Waals surface area contributed by atoms with Gasteiger partial charge in [-0.25, -0.2) is 10.3 Å². The van der Waals surface area contributed by atoms with Crippen molar-refractivity contribution in [3.63, 3.8) is 0 Å². The largest absolute Gasteiger partial charge is 0.418 e. The number of nitrogens with one attached hydrogen (secondary N) is 1. The Morgan fingerprint density at radius 3 is 2.70 bits per heavy atom. The second-order valence-corrected chi connectivity index (χ2v) is 9.05. The Balaban J connectivity index is 1.64. The van der Waals surface area contributed by atoms with Crippen molar-refractivity contribution in [3.05, 3.63) is 0 Å². The second-order valence-electron chi connectivity index (χ2n) is 8.04. The van der Waals surface area contributed by atoms with Gasteiger partial charge in [0.05, 0.1) is 12.6 Å². The van der Waals surface area contributed by atoms with Gasteiger partial charge in [0.1, 0.15) is 6.04 Å². The van der Waals surface area contributed by atoms with E-state index in [1.807, 2.05) is 20.9 Å². The van der Waals surface area contributed by atoms with E-state index >= 15 is 0 Å². The summed E-state index contributed by atoms with van der Waals surface area (Å²) in [4.78, 5) is 33.9. The minimum atomic E-state index is -4.85. The first-order valence-corrected chi connectivity index (χ1v) is 10.2. The van der Waals surface area contributed by atoms with Gasteiger partial charge < -0.3 is 9.80 Å². The summed E-state index contributed by atoms with van der Waals surface area (Å²) < 4.78 is 35.5. The van der Waals surface area contributed by atoms with Crippen molar-refractivity contribution in [3.8, 4) is 0 Å². The van der Waals surface area contributed by atoms with Crippen LogP contribution in [0.1, 0.15) is 33.1 Å². The highest BCUT2D eigenvalue weighted by molar-refractivity contribution is 7.80. The summed E-state index contributed by atoms with van der Waals surface area (Å²) >= 11 is 0. The van der Waals surface area contributed by atoms with E-state index in [0.29, 0.717) is 18.1 Å². The lowest BCUT2D eigenvalue weighted by Crippen LogP contribution is -2.54. The van der Waals surface area contributed by atoms with E-state index in [-0.39, 0.29) is 12.6 Å². The Kier molecular flexibility index (Phi) is 5.38. The standard InChI is InChI=1S/C15H26N4O7S/c1-15(2)7-11(13(20)16-25-9-10-5-4-6-17(10)3)18-8-12(15)19(14(18)21)26-27(22,23)24/h10-12H,4-9H2,1-3H3,(H,16,20)(H,22,23,24). The smallest absolute Gasteiger partial charge is 0.309 e. The Morgan fingerprint density at radius 1 is 1.41 bits per heavy atom. The zero-order chi connectivity index (χ0) is 20.0. The summed E-state index contributed by atoms with van der Waals surface area (Å²) in [6.45, 7) is 5.08. The van der Waals surface area contributed by atoms with Crippen molar-refractivity contribution in [1.82, 2.24) is 20.3 Å². The maximum atomic E-state index is 12.6. The molecule has 27 heavy (non-hydrogen) atoms. The highest BCUT2D eigenvalue weighted by atomic mass is 32.3. The van der Waals surface area contributed by atoms with Crippen LogP contribution in [0.25, 0.3) is 0 Å². The van der Waals surface area contributed by atoms with Crippen molar-refractivity contribution in [2.75, 3.05) is 26.7 Å². The number of hydrogen-bond acceptors (Lipinski definition) is 7. The van der Waals surface area contributed by atoms with Crippen LogP contribution in [0.4, 0.5) is 4.79 Å². The number of hydroxylamine groups is 3. The van der Waals surface area contributed by atoms with Crippen molar-refractivity contribution in [2.45, 2.75) is 51.2 Å². The third-order valence-corrected chi connectivity index (χ3v) is 6.03. The minimum absolute atomic E-state index is 0.116. The van der Waals surface area contributed by atoms with Crippen LogP contribution >= 0.6 is 0 Å². The van der Waals surface area contributed by atoms with Crippen molar-refractivity contribution >= 4 is 22.3 Å². The van der Waals surface area contributed by atoms with Gasteiger partial charge in [-0.3, -0.25) is 14.2 Å². The third-order valence-electron chi connectivity index (χ3n) is 5.68. The molecule has 0 aromatic carbocycles. The lowest BCUT2D eigenvalue weighted by molar-refractivity contribution is -0.142. The first-order valence-electron chi connectivity index (χ1n) is 8.88. The Hall–Kier alpha value is -1.47. The summed E-state index contributed by atoms with van der Waals surface area (Å²) in [5, 5.41) is 0.636. The number of carbonyl (C=O) groups is 2. The average molecular weight is 406 g/mol. The van der Waals surface area contributed by atoms with E-state index < -0.39 is 39.8 Å². The van der Waals surface area contributed by atoms with E-state index in [2.05, 4.69) is 14.7 Å². The number of carbonyl (C=O) groups excluding carboxylic acids is 2. The number of urea groups is 1. The van der Waals surface area contributed by atoms with Crippen LogP contribution < -0.4 is 5.48 Å². The molecule has 3 atom stereocenters. The SMILES string of the molecule is CN1CCCC1CONC(=O)C1CC(C)(C)C2CN1C(=O)N2OS(=O)(=O)O. The maximum absolute atomic E-state index is 12.6. The molecular weight excluding hydrogens is 380 g/mol. The van der Waals surface area contributed by atoms with Gasteiger partial charge in [-0.15, -0.1) is 4.28 Å². The lowest BCUT2D eigenvalue weighted by atomic mass is 9.76. The molecule has 2 N–H and O–H groups in total. The van der Waals surface area contributed by atoms with Crippen LogP contribution in [0.15, 0.2) is 0 Å². The van der Waals surface area contributed by atoms with Crippen molar-refractivity contribution in [2.24, 2.45) is 5.41 Å². The van der Waals surface area contributed by atoms with Crippen LogP contribution in [0.5, 0.6) is 0 Å². The van der Waals surface area contributed by atoms with E-state index in [0.717, 1.165) is 19.4 Å². The molecule has 0 aliphatic carbocycles. The number of likely N-dealkylation sites (tertiary alicyclic amines) is 1. The molecule has 11 nitrogen and oxygen atoms in total. The fraction of sp³-hybridized carbons (Fsp3) is 0.867. The van der Waals surface area contributed by atoms with Gasteiger partial charge in [0, 0.05) is 12.6 Å². The van der Waals surface area contributed by atoms with Gasteiger partial charge in [0.15, 0.2) is 0 Å². The van der Waals surface area contributed by atoms with Crippen LogP contribution in [0.3, 0.4) is 0 Å². The van der Waals surface area contributed by atoms with Gasteiger partial charge >= 0.3 is 16.4 Å². The number of likely N-dealkylation sites (N-methyl/N-ethyl adjacent to an activating group) is 1. The van der Waals surface area contributed by atoms with Crippen LogP contribution in [0, 0.1) is 5.41 Å². The molecule has 3 amide bonds. The first kappa shape index (κ1) is 20.3. The molecule has 3 heterocycles. The molecule has 3 unspecified atom stereocenters. The fourth-order valence-corrected chi connectivity index (χ4v) is 4.43. The summed E-state index contributed by atoms with van der Waals surface area (Å²) in [6, 6.07) is -1.97. The number of nitrogens with zero attached hydrogens (tertiary/aromatic N) is 3. The molecule has 3 aliphatic rings. The van der Waals surface area contributed by atoms with E-state index in [1.54, 1.807) is 0 Å². The maximum Gasteiger partial charge on any atom is 0.418 e. The van der Waals surface area contributed by atoms with Gasteiger partial charge in [-0.05, 0) is 38.3 Å². The Labute approximate surface area is 158 Å². The third kappa shape index (κ3) is 4.19. The molecule has 0 spiro atoms. The topological polar surface area (TPSA) is 129 Å². The van der Waals surface area contributed by atoms with Gasteiger partial charge in [-0.1, -0.05) is 13.8 Å². The molecule has 12 heteroatoms. The molecule has 3 rings (SSSR count). The normalized spacial score (nSPS) is 30.8. The fourth-order valence-electron chi connectivity index (χ4n) is 4.05. The van der Waals surface area contributed by atoms with Crippen LogP contribution in [-0.4, -0.2) is 84.6 Å². The van der Waals surface area contributed by atoms with E-state index in [9.17, 15) is 18.0 Å². The van der Waals surface area contributed by atoms with E-state index in [1.165, 1.54) is 4.90 Å². The molecule has 0 saturated carbocycles. The van der Waals surface area contributed by atoms with E-state index in [4.69, 9.17) is 9.39 Å². The summed E-state index contributed by atoms with van der Waals surface area (Å²) in [6.07, 6.45) is 2.38. The number of amides is 3. The molecular formula is C15H26N4O7S. The van der Waals surface area contributed by atoms with Crippen molar-refractivity contribution in [1.29, 1.82) is 0 Å². The molecule has 0 aromatic heterocycles. The summed E-state index contributed by atoms with van der Waals surface area (Å²) in [5.74, 6) is -0.468. The Bertz CT molecular complexity index is 713. The highest BCUT2D eigenvalue weighted by Gasteiger charge is 2.57. The lowest BCUT2D eigenvalue weighted by Gasteiger charge is -2.40. The molecule has 0 radical (unpaired) electrons. The number of hydrogen-bond donors (Lipinski definition) is 2. The number of rotatable bonds is 6. The molecule has 3 saturated heterocycles. The number of piperidine rings is 1. The predicted molar refractivity (Wildman–Crippen MR) is 92.3 cm³/mol.